The van der Waals surface area contributed by atoms with Crippen LogP contribution in [-0.4, -0.2) is 118 Å². The third kappa shape index (κ3) is 13.5. The van der Waals surface area contributed by atoms with E-state index in [4.69, 9.17) is 48.7 Å². The number of alkyl halides is 4. The topological polar surface area (TPSA) is 111 Å². The normalized spacial score (nSPS) is 9.93. The molecule has 3 heterocycles. The zero-order valence-corrected chi connectivity index (χ0v) is 24.7. The van der Waals surface area contributed by atoms with Gasteiger partial charge < -0.3 is 10.0 Å². The lowest BCUT2D eigenvalue weighted by Gasteiger charge is -2.17. The van der Waals surface area contributed by atoms with E-state index in [0.29, 0.717) is 16.5 Å². The first-order chi connectivity index (χ1) is 18.5. The zero-order valence-electron chi connectivity index (χ0n) is 21.5. The highest BCUT2D eigenvalue weighted by Gasteiger charge is 2.25. The summed E-state index contributed by atoms with van der Waals surface area (Å²) in [6.07, 6.45) is -1.69. The summed E-state index contributed by atoms with van der Waals surface area (Å²) >= 11 is 6.12. The van der Waals surface area contributed by atoms with Crippen molar-refractivity contribution in [3.63, 3.8) is 0 Å². The molecule has 25 heteroatoms. The summed E-state index contributed by atoms with van der Waals surface area (Å²) in [6, 6.07) is 0. The largest absolute Gasteiger partial charge is 0.492 e. The minimum atomic E-state index is -2.79. The van der Waals surface area contributed by atoms with Gasteiger partial charge in [0.2, 0.25) is 0 Å². The highest BCUT2D eigenvalue weighted by Crippen LogP contribution is 2.24. The third-order valence-corrected chi connectivity index (χ3v) is 5.64. The minimum absolute atomic E-state index is 0.206. The number of aldehydes is 1. The number of carbonyl (C=O) groups excluding carboxylic acids is 1. The molecule has 0 aliphatic carbocycles. The first kappa shape index (κ1) is 38.5. The fourth-order valence-electron chi connectivity index (χ4n) is 2.59. The van der Waals surface area contributed by atoms with Crippen molar-refractivity contribution in [3.8, 4) is 0 Å². The van der Waals surface area contributed by atoms with Gasteiger partial charge in [-0.1, -0.05) is 0 Å². The molecular weight excluding hydrogens is 656 g/mol. The Kier molecular flexibility index (Phi) is 18.2. The Balaban J connectivity index is 0.000000511. The molecule has 3 aromatic rings. The molecule has 0 aromatic carbocycles. The van der Waals surface area contributed by atoms with E-state index >= 15 is 0 Å². The molecule has 0 aliphatic rings. The van der Waals surface area contributed by atoms with Gasteiger partial charge in [-0.2, -0.15) is 15.3 Å². The van der Waals surface area contributed by atoms with Crippen LogP contribution in [0.3, 0.4) is 0 Å². The first-order valence-corrected chi connectivity index (χ1v) is 12.4. The Morgan fingerprint density at radius 2 is 1.27 bits per heavy atom. The van der Waals surface area contributed by atoms with E-state index in [1.165, 1.54) is 25.0 Å². The molecule has 0 aliphatic heterocycles. The molecule has 9 nitrogen and oxygen atoms in total. The molecular formula is C15H17B10Br2F4N6O3. The van der Waals surface area contributed by atoms with Crippen LogP contribution in [0.15, 0.2) is 27.5 Å². The van der Waals surface area contributed by atoms with Crippen molar-refractivity contribution >= 4 is 116 Å². The summed E-state index contributed by atoms with van der Waals surface area (Å²) in [5.41, 5.74) is -0.611. The van der Waals surface area contributed by atoms with Gasteiger partial charge in [-0.25, -0.2) is 17.6 Å². The average molecular weight is 673 g/mol. The van der Waals surface area contributed by atoms with Crippen molar-refractivity contribution in [2.75, 3.05) is 0 Å². The van der Waals surface area contributed by atoms with Crippen LogP contribution in [0.25, 0.3) is 0 Å². The SMILES string of the molecule is Cn1cc(B(O)O)c(C(F)F)n1.Cn1cc(Br)c(C(F)F)n1.Cn1cc(Br)c(C=O)n1.[B][B]B(B([B])[B])B([B])[B]. The Morgan fingerprint density at radius 3 is 1.48 bits per heavy atom. The lowest BCUT2D eigenvalue weighted by atomic mass is 8.64. The number of nitrogens with zero attached hydrogens (tertiary/aromatic N) is 6. The highest BCUT2D eigenvalue weighted by molar-refractivity contribution is 9.10. The smallest absolute Gasteiger partial charge is 0.423 e. The number of aryl methyl sites for hydroxylation is 3. The van der Waals surface area contributed by atoms with Gasteiger partial charge in [0.1, 0.15) is 17.1 Å². The maximum absolute atomic E-state index is 12.1. The maximum atomic E-state index is 12.1. The van der Waals surface area contributed by atoms with Crippen molar-refractivity contribution in [3.05, 3.63) is 44.6 Å². The standard InChI is InChI=1S/C5H7BF2N2O2.C5H5BrF2N2.C5H5BrN2O.B9/c1-10-2-3(6(11)12)4(9-10)5(7)8;1-10-2-3(6)4(9-10)5(7)8;1-8-2-4(6)5(3-9)7-8;1-6-9(7(2)3)8(4)5/h2,5,11-12H,1H3;2,5H,1H3;2-3H,1H3;. The summed E-state index contributed by atoms with van der Waals surface area (Å²) in [4.78, 5) is 10.1. The predicted octanol–water partition coefficient (Wildman–Crippen LogP) is -1.27. The van der Waals surface area contributed by atoms with Gasteiger partial charge in [0.15, 0.2) is 6.29 Å². The van der Waals surface area contributed by atoms with Crippen molar-refractivity contribution < 1.29 is 32.4 Å². The van der Waals surface area contributed by atoms with E-state index in [2.05, 4.69) is 47.2 Å². The van der Waals surface area contributed by atoms with E-state index in [1.807, 2.05) is 0 Å². The van der Waals surface area contributed by atoms with Gasteiger partial charge in [0.05, 0.1) is 8.95 Å². The van der Waals surface area contributed by atoms with Gasteiger partial charge >= 0.3 is 7.12 Å². The van der Waals surface area contributed by atoms with Crippen LogP contribution in [0.4, 0.5) is 17.6 Å². The molecule has 2 N–H and O–H groups in total. The molecule has 11 radical (unpaired) electrons. The molecule has 0 bridgehead atoms. The van der Waals surface area contributed by atoms with E-state index in [-0.39, 0.29) is 17.5 Å². The van der Waals surface area contributed by atoms with Gasteiger partial charge in [-0.3, -0.25) is 18.8 Å². The van der Waals surface area contributed by atoms with Gasteiger partial charge in [-0.15, -0.1) is 0 Å². The number of hydrogen-bond donors (Lipinski definition) is 2. The van der Waals surface area contributed by atoms with Crippen molar-refractivity contribution in [1.29, 1.82) is 0 Å². The van der Waals surface area contributed by atoms with Crippen LogP contribution in [0.5, 0.6) is 0 Å². The molecule has 40 heavy (non-hydrogen) atoms. The van der Waals surface area contributed by atoms with Gasteiger partial charge in [0.25, 0.3) is 12.9 Å². The van der Waals surface area contributed by atoms with Crippen LogP contribution in [0.2, 0.25) is 0 Å². The number of aromatic nitrogens is 6. The minimum Gasteiger partial charge on any atom is -0.423 e. The third-order valence-electron chi connectivity index (χ3n) is 4.42. The van der Waals surface area contributed by atoms with Crippen molar-refractivity contribution in [2.24, 2.45) is 21.1 Å². The second-order valence-corrected chi connectivity index (χ2v) is 9.44. The van der Waals surface area contributed by atoms with Crippen molar-refractivity contribution in [2.45, 2.75) is 12.9 Å². The zero-order chi connectivity index (χ0) is 31.3. The van der Waals surface area contributed by atoms with E-state index < -0.39 is 38.4 Å². The predicted molar refractivity (Wildman–Crippen MR) is 162 cm³/mol. The molecule has 0 saturated carbocycles. The summed E-state index contributed by atoms with van der Waals surface area (Å²) < 4.78 is 53.2. The summed E-state index contributed by atoms with van der Waals surface area (Å²) in [5.74, 6) is 0. The Bertz CT molecular complexity index is 1140. The Hall–Kier alpha value is -1.45. The number of rotatable bonds is 7. The van der Waals surface area contributed by atoms with Gasteiger partial charge in [-0.05, 0) is 31.9 Å². The molecule has 0 atom stereocenters. The second-order valence-electron chi connectivity index (χ2n) is 7.73. The van der Waals surface area contributed by atoms with E-state index in [0.717, 1.165) is 15.4 Å². The summed E-state index contributed by atoms with van der Waals surface area (Å²) in [5, 5.41) is 28.0. The van der Waals surface area contributed by atoms with Crippen LogP contribution in [0.1, 0.15) is 34.7 Å². The molecule has 0 saturated heterocycles. The fourth-order valence-corrected chi connectivity index (χ4v) is 3.60. The number of hydrogen-bond acceptors (Lipinski definition) is 6. The molecule has 3 rings (SSSR count). The molecule has 0 amide bonds. The monoisotopic (exact) mass is 673 g/mol. The lowest BCUT2D eigenvalue weighted by molar-refractivity contribution is 0.111. The molecule has 0 unspecified atom stereocenters. The number of halogens is 6. The molecule has 3 aromatic heterocycles. The Morgan fingerprint density at radius 1 is 0.850 bits per heavy atom. The van der Waals surface area contributed by atoms with E-state index in [9.17, 15) is 22.4 Å². The Labute approximate surface area is 255 Å². The van der Waals surface area contributed by atoms with Crippen LogP contribution >= 0.6 is 31.9 Å². The maximum Gasteiger partial charge on any atom is 0.492 e. The van der Waals surface area contributed by atoms with Crippen molar-refractivity contribution in [1.82, 2.24) is 29.3 Å². The van der Waals surface area contributed by atoms with Crippen LogP contribution < -0.4 is 5.46 Å². The molecule has 197 valence electrons. The quantitative estimate of drug-likeness (QED) is 0.184. The number of carbonyl (C=O) groups is 1. The second kappa shape index (κ2) is 18.9. The van der Waals surface area contributed by atoms with Crippen LogP contribution in [0, 0.1) is 0 Å². The molecule has 0 spiro atoms. The van der Waals surface area contributed by atoms with Gasteiger partial charge in [0, 0.05) is 110 Å². The van der Waals surface area contributed by atoms with Crippen LogP contribution in [-0.2, 0) is 21.1 Å². The fraction of sp³-hybridized carbons (Fsp3) is 0.333. The summed E-state index contributed by atoms with van der Waals surface area (Å²) in [6.45, 7) is 0. The first-order valence-electron chi connectivity index (χ1n) is 10.8. The lowest BCUT2D eigenvalue weighted by Crippen LogP contribution is -2.55. The summed E-state index contributed by atoms with van der Waals surface area (Å²) in [7, 11) is 30.3. The van der Waals surface area contributed by atoms with E-state index in [1.54, 1.807) is 25.0 Å². The highest BCUT2D eigenvalue weighted by atomic mass is 79.9. The average Bonchev–Trinajstić information content (AvgIpc) is 3.50. The molecule has 0 fully saturated rings.